The second-order valence-corrected chi connectivity index (χ2v) is 6.18. The molecule has 0 saturated heterocycles. The standard InChI is InChI=1S/C18H16ClF3N4O/c1-26-8-7-23-17(26)15(12-5-3-4-6-14(12)27-2)25-16-13(19)9-11(10-24-16)18(20,21)22/h3-10,15H,1-2H3,(H,24,25)/t15-/m1/s1. The molecule has 0 unspecified atom stereocenters. The summed E-state index contributed by atoms with van der Waals surface area (Å²) in [7, 11) is 3.35. The summed E-state index contributed by atoms with van der Waals surface area (Å²) >= 11 is 6.06. The summed E-state index contributed by atoms with van der Waals surface area (Å²) in [6, 6.07) is 7.58. The molecule has 0 saturated carbocycles. The lowest BCUT2D eigenvalue weighted by molar-refractivity contribution is -0.137. The lowest BCUT2D eigenvalue weighted by Gasteiger charge is -2.22. The Labute approximate surface area is 158 Å². The maximum Gasteiger partial charge on any atom is 0.417 e. The Bertz CT molecular complexity index is 942. The fourth-order valence-electron chi connectivity index (χ4n) is 2.68. The largest absolute Gasteiger partial charge is 0.496 e. The van der Waals surface area contributed by atoms with Crippen molar-refractivity contribution in [3.8, 4) is 5.75 Å². The molecule has 3 rings (SSSR count). The Morgan fingerprint density at radius 2 is 1.96 bits per heavy atom. The average Bonchev–Trinajstić information content (AvgIpc) is 3.05. The number of nitrogens with zero attached hydrogens (tertiary/aromatic N) is 3. The van der Waals surface area contributed by atoms with Crippen molar-refractivity contribution in [2.45, 2.75) is 12.2 Å². The van der Waals surface area contributed by atoms with Crippen LogP contribution < -0.4 is 10.1 Å². The van der Waals surface area contributed by atoms with Crippen LogP contribution in [0.2, 0.25) is 5.02 Å². The number of para-hydroxylation sites is 1. The molecule has 0 fully saturated rings. The number of benzene rings is 1. The maximum atomic E-state index is 12.9. The van der Waals surface area contributed by atoms with Crippen LogP contribution in [-0.4, -0.2) is 21.6 Å². The molecule has 5 nitrogen and oxygen atoms in total. The Kier molecular flexibility index (Phi) is 5.27. The second kappa shape index (κ2) is 7.48. The molecule has 2 heterocycles. The van der Waals surface area contributed by atoms with E-state index in [2.05, 4.69) is 15.3 Å². The second-order valence-electron chi connectivity index (χ2n) is 5.77. The highest BCUT2D eigenvalue weighted by Crippen LogP contribution is 2.36. The van der Waals surface area contributed by atoms with Gasteiger partial charge in [-0.3, -0.25) is 0 Å². The van der Waals surface area contributed by atoms with E-state index < -0.39 is 17.8 Å². The van der Waals surface area contributed by atoms with Crippen molar-refractivity contribution in [2.24, 2.45) is 7.05 Å². The quantitative estimate of drug-likeness (QED) is 0.679. The minimum absolute atomic E-state index is 0.114. The Morgan fingerprint density at radius 3 is 2.56 bits per heavy atom. The lowest BCUT2D eigenvalue weighted by atomic mass is 10.0. The van der Waals surface area contributed by atoms with Gasteiger partial charge in [0.1, 0.15) is 23.4 Å². The molecule has 0 radical (unpaired) electrons. The number of imidazole rings is 1. The van der Waals surface area contributed by atoms with Gasteiger partial charge in [-0.05, 0) is 12.1 Å². The molecule has 9 heteroatoms. The molecule has 1 aromatic carbocycles. The molecule has 0 aliphatic rings. The van der Waals surface area contributed by atoms with Crippen molar-refractivity contribution in [3.63, 3.8) is 0 Å². The van der Waals surface area contributed by atoms with Crippen LogP contribution in [0.15, 0.2) is 48.9 Å². The summed E-state index contributed by atoms with van der Waals surface area (Å²) in [5.41, 5.74) is -0.170. The van der Waals surface area contributed by atoms with Crippen molar-refractivity contribution in [2.75, 3.05) is 12.4 Å². The molecule has 27 heavy (non-hydrogen) atoms. The molecule has 1 atom stereocenters. The predicted octanol–water partition coefficient (Wildman–Crippen LogP) is 4.70. The van der Waals surface area contributed by atoms with Crippen LogP contribution in [0.5, 0.6) is 5.75 Å². The molecular formula is C18H16ClF3N4O. The van der Waals surface area contributed by atoms with E-state index in [9.17, 15) is 13.2 Å². The van der Waals surface area contributed by atoms with Gasteiger partial charge in [-0.25, -0.2) is 9.97 Å². The predicted molar refractivity (Wildman–Crippen MR) is 95.9 cm³/mol. The third-order valence-corrected chi connectivity index (χ3v) is 4.30. The topological polar surface area (TPSA) is 52.0 Å². The summed E-state index contributed by atoms with van der Waals surface area (Å²) in [6.45, 7) is 0. The summed E-state index contributed by atoms with van der Waals surface area (Å²) in [4.78, 5) is 8.21. The number of nitrogens with one attached hydrogen (secondary N) is 1. The van der Waals surface area contributed by atoms with Gasteiger partial charge in [-0.1, -0.05) is 29.8 Å². The average molecular weight is 397 g/mol. The molecule has 1 N–H and O–H groups in total. The SMILES string of the molecule is COc1ccccc1[C@@H](Nc1ncc(C(F)(F)F)cc1Cl)c1nccn1C. The van der Waals surface area contributed by atoms with E-state index >= 15 is 0 Å². The first-order valence-electron chi connectivity index (χ1n) is 7.90. The van der Waals surface area contributed by atoms with Crippen molar-refractivity contribution in [1.29, 1.82) is 0 Å². The minimum atomic E-state index is -4.52. The monoisotopic (exact) mass is 396 g/mol. The van der Waals surface area contributed by atoms with Crippen LogP contribution in [0.3, 0.4) is 0 Å². The van der Waals surface area contributed by atoms with Gasteiger partial charge >= 0.3 is 6.18 Å². The van der Waals surface area contributed by atoms with Gasteiger partial charge in [-0.15, -0.1) is 0 Å². The zero-order valence-corrected chi connectivity index (χ0v) is 15.2. The zero-order chi connectivity index (χ0) is 19.6. The van der Waals surface area contributed by atoms with Crippen LogP contribution in [0.1, 0.15) is 23.0 Å². The van der Waals surface area contributed by atoms with Gasteiger partial charge in [-0.2, -0.15) is 13.2 Å². The maximum absolute atomic E-state index is 12.9. The van der Waals surface area contributed by atoms with Crippen molar-refractivity contribution in [3.05, 3.63) is 70.9 Å². The molecule has 142 valence electrons. The first-order chi connectivity index (χ1) is 12.8. The number of methoxy groups -OCH3 is 1. The third kappa shape index (κ3) is 4.00. The molecule has 0 aliphatic carbocycles. The van der Waals surface area contributed by atoms with Gasteiger partial charge < -0.3 is 14.6 Å². The smallest absolute Gasteiger partial charge is 0.417 e. The summed E-state index contributed by atoms with van der Waals surface area (Å²) in [5.74, 6) is 1.34. The van der Waals surface area contributed by atoms with E-state index in [0.29, 0.717) is 11.6 Å². The number of aryl methyl sites for hydroxylation is 1. The summed E-state index contributed by atoms with van der Waals surface area (Å²) < 4.78 is 45.8. The number of hydrogen-bond acceptors (Lipinski definition) is 4. The van der Waals surface area contributed by atoms with Gasteiger partial charge in [0.25, 0.3) is 0 Å². The molecule has 0 aliphatic heterocycles. The fourth-order valence-corrected chi connectivity index (χ4v) is 2.90. The Balaban J connectivity index is 2.04. The normalized spacial score (nSPS) is 12.7. The van der Waals surface area contributed by atoms with Crippen LogP contribution in [0, 0.1) is 0 Å². The zero-order valence-electron chi connectivity index (χ0n) is 14.5. The first kappa shape index (κ1) is 19.0. The number of ether oxygens (including phenoxy) is 1. The van der Waals surface area contributed by atoms with E-state index in [1.165, 1.54) is 7.11 Å². The highest BCUT2D eigenvalue weighted by molar-refractivity contribution is 6.33. The van der Waals surface area contributed by atoms with Gasteiger partial charge in [0.05, 0.1) is 17.7 Å². The fraction of sp³-hybridized carbons (Fsp3) is 0.222. The minimum Gasteiger partial charge on any atom is -0.496 e. The van der Waals surface area contributed by atoms with E-state index in [1.54, 1.807) is 23.0 Å². The molecule has 2 aromatic heterocycles. The number of anilines is 1. The highest BCUT2D eigenvalue weighted by Gasteiger charge is 2.32. The number of aromatic nitrogens is 3. The molecular weight excluding hydrogens is 381 g/mol. The van der Waals surface area contributed by atoms with E-state index in [1.807, 2.05) is 25.2 Å². The highest BCUT2D eigenvalue weighted by atomic mass is 35.5. The molecule has 3 aromatic rings. The first-order valence-corrected chi connectivity index (χ1v) is 8.28. The van der Waals surface area contributed by atoms with Crippen molar-refractivity contribution in [1.82, 2.24) is 14.5 Å². The van der Waals surface area contributed by atoms with E-state index in [0.717, 1.165) is 17.8 Å². The van der Waals surface area contributed by atoms with Gasteiger partial charge in [0.2, 0.25) is 0 Å². The van der Waals surface area contributed by atoms with Crippen molar-refractivity contribution >= 4 is 17.4 Å². The third-order valence-electron chi connectivity index (χ3n) is 4.02. The Morgan fingerprint density at radius 1 is 1.22 bits per heavy atom. The Hall–Kier alpha value is -2.74. The molecule has 0 bridgehead atoms. The number of hydrogen-bond donors (Lipinski definition) is 1. The van der Waals surface area contributed by atoms with Crippen LogP contribution >= 0.6 is 11.6 Å². The molecule has 0 spiro atoms. The van der Waals surface area contributed by atoms with Gasteiger partial charge in [0.15, 0.2) is 0 Å². The summed E-state index contributed by atoms with van der Waals surface area (Å²) in [6.07, 6.45) is -0.384. The summed E-state index contributed by atoms with van der Waals surface area (Å²) in [5, 5.41) is 2.95. The van der Waals surface area contributed by atoms with E-state index in [-0.39, 0.29) is 10.8 Å². The van der Waals surface area contributed by atoms with Crippen LogP contribution in [0.4, 0.5) is 19.0 Å². The number of halogens is 4. The van der Waals surface area contributed by atoms with Gasteiger partial charge in [0, 0.05) is 31.2 Å². The number of rotatable bonds is 5. The lowest BCUT2D eigenvalue weighted by Crippen LogP contribution is -2.19. The van der Waals surface area contributed by atoms with Crippen LogP contribution in [0.25, 0.3) is 0 Å². The number of alkyl halides is 3. The van der Waals surface area contributed by atoms with Crippen molar-refractivity contribution < 1.29 is 17.9 Å². The van der Waals surface area contributed by atoms with Crippen LogP contribution in [-0.2, 0) is 13.2 Å². The van der Waals surface area contributed by atoms with E-state index in [4.69, 9.17) is 16.3 Å². The molecule has 0 amide bonds. The number of pyridine rings is 1.